The van der Waals surface area contributed by atoms with Crippen molar-refractivity contribution in [2.45, 2.75) is 65.0 Å². The van der Waals surface area contributed by atoms with E-state index < -0.39 is 27.0 Å². The largest absolute Gasteiger partial charge is 0.481 e. The molecular formula is C17H29N3O6S2. The number of nitrogens with zero attached hydrogens (tertiary/aromatic N) is 1. The summed E-state index contributed by atoms with van der Waals surface area (Å²) in [6, 6.07) is 0. The molecule has 1 amide bonds. The molecule has 0 saturated carbocycles. The number of rotatable bonds is 11. The first-order chi connectivity index (χ1) is 12.7. The molecule has 0 radical (unpaired) electrons. The van der Waals surface area contributed by atoms with Gasteiger partial charge in [-0.3, -0.25) is 9.59 Å². The first kappa shape index (κ1) is 24.5. The third-order valence-electron chi connectivity index (χ3n) is 4.11. The molecule has 0 aromatic carbocycles. The second-order valence-electron chi connectivity index (χ2n) is 7.76. The summed E-state index contributed by atoms with van der Waals surface area (Å²) in [6.07, 6.45) is 0.739. The summed E-state index contributed by atoms with van der Waals surface area (Å²) >= 11 is 1.09. The van der Waals surface area contributed by atoms with Crippen LogP contribution >= 0.6 is 11.3 Å². The Morgan fingerprint density at radius 3 is 2.36 bits per heavy atom. The minimum Gasteiger partial charge on any atom is -0.481 e. The normalized spacial score (nSPS) is 12.8. The maximum atomic E-state index is 12.5. The molecule has 1 aromatic heterocycles. The van der Waals surface area contributed by atoms with E-state index in [1.807, 2.05) is 13.8 Å². The maximum absolute atomic E-state index is 12.5. The van der Waals surface area contributed by atoms with Crippen molar-refractivity contribution >= 4 is 38.4 Å². The zero-order chi connectivity index (χ0) is 21.8. The predicted molar refractivity (Wildman–Crippen MR) is 107 cm³/mol. The third kappa shape index (κ3) is 7.46. The van der Waals surface area contributed by atoms with Crippen molar-refractivity contribution in [3.05, 3.63) is 4.88 Å². The molecule has 0 fully saturated rings. The van der Waals surface area contributed by atoms with Crippen molar-refractivity contribution in [1.82, 2.24) is 9.71 Å². The van der Waals surface area contributed by atoms with Gasteiger partial charge in [-0.05, 0) is 47.5 Å². The Morgan fingerprint density at radius 2 is 1.82 bits per heavy atom. The number of sulfonamides is 1. The van der Waals surface area contributed by atoms with Gasteiger partial charge in [0.25, 0.3) is 10.0 Å². The number of aromatic nitrogens is 1. The Labute approximate surface area is 169 Å². The van der Waals surface area contributed by atoms with Gasteiger partial charge in [-0.2, -0.15) is 0 Å². The highest BCUT2D eigenvalue weighted by Crippen LogP contribution is 2.26. The number of carbonyl (C=O) groups is 2. The van der Waals surface area contributed by atoms with Crippen molar-refractivity contribution in [3.63, 3.8) is 0 Å². The van der Waals surface area contributed by atoms with Crippen LogP contribution in [-0.2, 0) is 24.3 Å². The molecule has 0 unspecified atom stereocenters. The van der Waals surface area contributed by atoms with Crippen LogP contribution in [0.5, 0.6) is 0 Å². The summed E-state index contributed by atoms with van der Waals surface area (Å²) in [5.41, 5.74) is -1.51. The fourth-order valence-electron chi connectivity index (χ4n) is 2.15. The zero-order valence-electron chi connectivity index (χ0n) is 17.1. The van der Waals surface area contributed by atoms with E-state index in [2.05, 4.69) is 15.0 Å². The van der Waals surface area contributed by atoms with Crippen molar-refractivity contribution in [2.24, 2.45) is 5.41 Å². The van der Waals surface area contributed by atoms with Gasteiger partial charge in [-0.25, -0.2) is 18.1 Å². The molecule has 0 aliphatic rings. The minimum absolute atomic E-state index is 0.108. The smallest absolute Gasteiger partial charge is 0.309 e. The van der Waals surface area contributed by atoms with Crippen LogP contribution in [0, 0.1) is 12.3 Å². The van der Waals surface area contributed by atoms with Crippen LogP contribution in [0.15, 0.2) is 5.03 Å². The summed E-state index contributed by atoms with van der Waals surface area (Å²) in [7, 11) is -3.82. The van der Waals surface area contributed by atoms with E-state index in [-0.39, 0.29) is 29.2 Å². The molecule has 0 aliphatic heterocycles. The molecule has 0 bridgehead atoms. The lowest BCUT2D eigenvalue weighted by Crippen LogP contribution is -2.34. The van der Waals surface area contributed by atoms with Gasteiger partial charge in [-0.15, -0.1) is 11.3 Å². The van der Waals surface area contributed by atoms with E-state index in [0.717, 1.165) is 11.3 Å². The molecule has 9 nitrogen and oxygen atoms in total. The van der Waals surface area contributed by atoms with E-state index in [9.17, 15) is 18.0 Å². The quantitative estimate of drug-likeness (QED) is 0.485. The Hall–Kier alpha value is -1.56. The summed E-state index contributed by atoms with van der Waals surface area (Å²) in [4.78, 5) is 26.7. The Bertz CT molecular complexity index is 815. The number of hydrogen-bond acceptors (Lipinski definition) is 7. The van der Waals surface area contributed by atoms with Crippen LogP contribution < -0.4 is 10.0 Å². The first-order valence-electron chi connectivity index (χ1n) is 8.78. The molecule has 1 heterocycles. The highest BCUT2D eigenvalue weighted by Gasteiger charge is 2.29. The minimum atomic E-state index is -3.82. The van der Waals surface area contributed by atoms with Crippen LogP contribution in [0.2, 0.25) is 0 Å². The van der Waals surface area contributed by atoms with Crippen molar-refractivity contribution in [1.29, 1.82) is 0 Å². The second kappa shape index (κ2) is 9.29. The average Bonchev–Trinajstić information content (AvgIpc) is 2.86. The number of ether oxygens (including phenoxy) is 1. The van der Waals surface area contributed by atoms with Gasteiger partial charge in [0, 0.05) is 25.0 Å². The van der Waals surface area contributed by atoms with Gasteiger partial charge in [0.05, 0.1) is 11.0 Å². The SMILES string of the molecule is CC(=O)Nc1nc(S(=O)(=O)NCCC(C)(C)OCCC(C)(C)C(=O)O)c(C)s1. The predicted octanol–water partition coefficient (Wildman–Crippen LogP) is 2.37. The summed E-state index contributed by atoms with van der Waals surface area (Å²) in [5, 5.41) is 11.7. The summed E-state index contributed by atoms with van der Waals surface area (Å²) in [6.45, 7) is 10.2. The van der Waals surface area contributed by atoms with E-state index in [1.54, 1.807) is 20.8 Å². The Balaban J connectivity index is 2.60. The lowest BCUT2D eigenvalue weighted by Gasteiger charge is -2.27. The zero-order valence-corrected chi connectivity index (χ0v) is 18.7. The van der Waals surface area contributed by atoms with Gasteiger partial charge in [0.15, 0.2) is 10.2 Å². The number of thiazole rings is 1. The summed E-state index contributed by atoms with van der Waals surface area (Å²) in [5.74, 6) is -1.21. The van der Waals surface area contributed by atoms with Gasteiger partial charge < -0.3 is 15.2 Å². The molecule has 0 saturated heterocycles. The van der Waals surface area contributed by atoms with Gasteiger partial charge in [0.1, 0.15) is 0 Å². The van der Waals surface area contributed by atoms with Crippen molar-refractivity contribution in [3.8, 4) is 0 Å². The second-order valence-corrected chi connectivity index (χ2v) is 10.6. The molecule has 3 N–H and O–H groups in total. The molecule has 11 heteroatoms. The highest BCUT2D eigenvalue weighted by molar-refractivity contribution is 7.89. The topological polar surface area (TPSA) is 135 Å². The van der Waals surface area contributed by atoms with Gasteiger partial charge in [-0.1, -0.05) is 0 Å². The molecule has 28 heavy (non-hydrogen) atoms. The molecule has 160 valence electrons. The van der Waals surface area contributed by atoms with Crippen molar-refractivity contribution in [2.75, 3.05) is 18.5 Å². The number of carbonyl (C=O) groups excluding carboxylic acids is 1. The molecule has 0 aliphatic carbocycles. The Kier molecular flexibility index (Phi) is 8.12. The van der Waals surface area contributed by atoms with Gasteiger partial charge >= 0.3 is 5.97 Å². The van der Waals surface area contributed by atoms with E-state index in [4.69, 9.17) is 9.84 Å². The number of hydrogen-bond donors (Lipinski definition) is 3. The van der Waals surface area contributed by atoms with Crippen LogP contribution in [0.1, 0.15) is 52.3 Å². The van der Waals surface area contributed by atoms with E-state index in [0.29, 0.717) is 17.7 Å². The number of carboxylic acids is 1. The summed E-state index contributed by atoms with van der Waals surface area (Å²) < 4.78 is 33.2. The number of amides is 1. The Morgan fingerprint density at radius 1 is 1.21 bits per heavy atom. The van der Waals surface area contributed by atoms with Crippen LogP contribution in [0.3, 0.4) is 0 Å². The maximum Gasteiger partial charge on any atom is 0.309 e. The first-order valence-corrected chi connectivity index (χ1v) is 11.1. The van der Waals surface area contributed by atoms with Crippen molar-refractivity contribution < 1.29 is 27.9 Å². The number of nitrogens with one attached hydrogen (secondary N) is 2. The number of aliphatic carboxylic acids is 1. The fraction of sp³-hybridized carbons (Fsp3) is 0.706. The van der Waals surface area contributed by atoms with E-state index >= 15 is 0 Å². The monoisotopic (exact) mass is 435 g/mol. The number of carboxylic acid groups (broad SMARTS) is 1. The fourth-order valence-corrected chi connectivity index (χ4v) is 4.52. The van der Waals surface area contributed by atoms with E-state index in [1.165, 1.54) is 6.92 Å². The average molecular weight is 436 g/mol. The van der Waals surface area contributed by atoms with Crippen LogP contribution in [0.25, 0.3) is 0 Å². The molecular weight excluding hydrogens is 406 g/mol. The van der Waals surface area contributed by atoms with Crippen LogP contribution in [-0.4, -0.2) is 49.1 Å². The molecule has 0 spiro atoms. The highest BCUT2D eigenvalue weighted by atomic mass is 32.2. The van der Waals surface area contributed by atoms with Crippen LogP contribution in [0.4, 0.5) is 5.13 Å². The third-order valence-corrected chi connectivity index (χ3v) is 6.62. The van der Waals surface area contributed by atoms with Gasteiger partial charge in [0.2, 0.25) is 5.91 Å². The lowest BCUT2D eigenvalue weighted by atomic mass is 9.90. The lowest BCUT2D eigenvalue weighted by molar-refractivity contribution is -0.149. The standard InChI is InChI=1S/C17H29N3O6S2/c1-11-13(20-15(27-11)19-12(2)21)28(24,25)18-9-7-17(5,6)26-10-8-16(3,4)14(22)23/h18H,7-10H2,1-6H3,(H,22,23)(H,19,20,21). The number of anilines is 1. The molecule has 1 rings (SSSR count). The number of aryl methyl sites for hydroxylation is 1. The molecule has 0 atom stereocenters. The molecule has 1 aromatic rings.